The van der Waals surface area contributed by atoms with E-state index in [2.05, 4.69) is 49.5 Å². The molecule has 1 unspecified atom stereocenters. The van der Waals surface area contributed by atoms with Crippen molar-refractivity contribution in [1.82, 2.24) is 5.32 Å². The predicted molar refractivity (Wildman–Crippen MR) is 74.3 cm³/mol. The van der Waals surface area contributed by atoms with Crippen LogP contribution in [-0.2, 0) is 5.41 Å². The fourth-order valence-electron chi connectivity index (χ4n) is 3.43. The summed E-state index contributed by atoms with van der Waals surface area (Å²) in [7, 11) is 0. The monoisotopic (exact) mass is 231 g/mol. The van der Waals surface area contributed by atoms with Gasteiger partial charge in [-0.15, -0.1) is 0 Å². The zero-order valence-corrected chi connectivity index (χ0v) is 11.2. The molecule has 1 aliphatic rings. The van der Waals surface area contributed by atoms with Gasteiger partial charge in [0.15, 0.2) is 0 Å². The van der Waals surface area contributed by atoms with Crippen LogP contribution in [0.1, 0.15) is 51.5 Å². The van der Waals surface area contributed by atoms with Crippen molar-refractivity contribution in [3.8, 4) is 0 Å². The molecule has 0 amide bonds. The van der Waals surface area contributed by atoms with Gasteiger partial charge in [-0.2, -0.15) is 0 Å². The van der Waals surface area contributed by atoms with Gasteiger partial charge in [0, 0.05) is 11.5 Å². The van der Waals surface area contributed by atoms with E-state index in [1.807, 2.05) is 0 Å². The van der Waals surface area contributed by atoms with Gasteiger partial charge < -0.3 is 5.32 Å². The lowest BCUT2D eigenvalue weighted by molar-refractivity contribution is 0.225. The largest absolute Gasteiger partial charge is 0.314 e. The standard InChI is InChI=1S/C16H25N/c1-3-17-14(2)16(12-8-5-9-13-16)15-10-6-4-7-11-15/h4,6-7,10-11,14,17H,3,5,8-9,12-13H2,1-2H3. The first-order valence-corrected chi connectivity index (χ1v) is 7.08. The minimum absolute atomic E-state index is 0.371. The molecule has 0 saturated heterocycles. The molecule has 0 aromatic heterocycles. The average Bonchev–Trinajstić information content (AvgIpc) is 2.41. The lowest BCUT2D eigenvalue weighted by Gasteiger charge is -2.43. The van der Waals surface area contributed by atoms with Crippen molar-refractivity contribution in [2.75, 3.05) is 6.54 Å². The Bertz CT molecular complexity index is 325. The van der Waals surface area contributed by atoms with Crippen molar-refractivity contribution in [1.29, 1.82) is 0 Å². The second-order valence-electron chi connectivity index (χ2n) is 5.36. The van der Waals surface area contributed by atoms with Gasteiger partial charge in [-0.25, -0.2) is 0 Å². The first-order valence-electron chi connectivity index (χ1n) is 7.08. The molecular formula is C16H25N. The van der Waals surface area contributed by atoms with E-state index in [9.17, 15) is 0 Å². The van der Waals surface area contributed by atoms with Crippen molar-refractivity contribution in [3.05, 3.63) is 35.9 Å². The van der Waals surface area contributed by atoms with Crippen LogP contribution in [0.2, 0.25) is 0 Å². The molecule has 0 heterocycles. The van der Waals surface area contributed by atoms with Crippen molar-refractivity contribution in [2.45, 2.75) is 57.4 Å². The normalized spacial score (nSPS) is 21.1. The summed E-state index contributed by atoms with van der Waals surface area (Å²) in [6, 6.07) is 11.7. The second kappa shape index (κ2) is 5.68. The predicted octanol–water partition coefficient (Wildman–Crippen LogP) is 3.89. The Morgan fingerprint density at radius 2 is 1.76 bits per heavy atom. The number of hydrogen-bond donors (Lipinski definition) is 1. The van der Waals surface area contributed by atoms with Gasteiger partial charge in [-0.1, -0.05) is 56.5 Å². The first-order chi connectivity index (χ1) is 8.29. The number of likely N-dealkylation sites (N-methyl/N-ethyl adjacent to an activating group) is 1. The summed E-state index contributed by atoms with van der Waals surface area (Å²) in [6.07, 6.45) is 6.85. The highest BCUT2D eigenvalue weighted by Crippen LogP contribution is 2.42. The summed E-state index contributed by atoms with van der Waals surface area (Å²) in [5.74, 6) is 0. The topological polar surface area (TPSA) is 12.0 Å². The highest BCUT2D eigenvalue weighted by Gasteiger charge is 2.38. The van der Waals surface area contributed by atoms with Crippen molar-refractivity contribution in [2.24, 2.45) is 0 Å². The number of nitrogens with one attached hydrogen (secondary N) is 1. The molecule has 94 valence electrons. The number of benzene rings is 1. The molecule has 1 fully saturated rings. The maximum Gasteiger partial charge on any atom is 0.0136 e. The highest BCUT2D eigenvalue weighted by molar-refractivity contribution is 5.28. The van der Waals surface area contributed by atoms with E-state index in [-0.39, 0.29) is 0 Å². The third-order valence-corrected chi connectivity index (χ3v) is 4.43. The average molecular weight is 231 g/mol. The lowest BCUT2D eigenvalue weighted by Crippen LogP contribution is -2.47. The Kier molecular flexibility index (Phi) is 4.22. The second-order valence-corrected chi connectivity index (χ2v) is 5.36. The lowest BCUT2D eigenvalue weighted by atomic mass is 9.65. The van der Waals surface area contributed by atoms with Crippen LogP contribution in [0.3, 0.4) is 0 Å². The molecule has 1 heteroatoms. The van der Waals surface area contributed by atoms with Gasteiger partial charge in [0.25, 0.3) is 0 Å². The molecule has 1 N–H and O–H groups in total. The van der Waals surface area contributed by atoms with Crippen molar-refractivity contribution >= 4 is 0 Å². The summed E-state index contributed by atoms with van der Waals surface area (Å²) in [5.41, 5.74) is 1.91. The third-order valence-electron chi connectivity index (χ3n) is 4.43. The first kappa shape index (κ1) is 12.6. The van der Waals surface area contributed by atoms with Crippen LogP contribution in [0.15, 0.2) is 30.3 Å². The molecule has 1 aromatic carbocycles. The molecule has 1 nitrogen and oxygen atoms in total. The minimum Gasteiger partial charge on any atom is -0.314 e. The molecular weight excluding hydrogens is 206 g/mol. The van der Waals surface area contributed by atoms with E-state index in [1.165, 1.54) is 37.7 Å². The number of rotatable bonds is 4. The highest BCUT2D eigenvalue weighted by atomic mass is 14.9. The molecule has 0 bridgehead atoms. The summed E-state index contributed by atoms with van der Waals surface area (Å²) in [6.45, 7) is 5.63. The number of hydrogen-bond acceptors (Lipinski definition) is 1. The minimum atomic E-state index is 0.371. The fraction of sp³-hybridized carbons (Fsp3) is 0.625. The molecule has 0 aliphatic heterocycles. The van der Waals surface area contributed by atoms with E-state index in [1.54, 1.807) is 0 Å². The zero-order valence-electron chi connectivity index (χ0n) is 11.2. The SMILES string of the molecule is CCNC(C)C1(c2ccccc2)CCCCC1. The van der Waals surface area contributed by atoms with E-state index < -0.39 is 0 Å². The van der Waals surface area contributed by atoms with Crippen LogP contribution >= 0.6 is 0 Å². The molecule has 1 aliphatic carbocycles. The van der Waals surface area contributed by atoms with E-state index in [0.717, 1.165) is 6.54 Å². The quantitative estimate of drug-likeness (QED) is 0.829. The molecule has 2 rings (SSSR count). The van der Waals surface area contributed by atoms with Crippen LogP contribution in [0.25, 0.3) is 0 Å². The summed E-state index contributed by atoms with van der Waals surface area (Å²) in [4.78, 5) is 0. The van der Waals surface area contributed by atoms with Gasteiger partial charge in [-0.05, 0) is 31.9 Å². The summed E-state index contributed by atoms with van der Waals surface area (Å²) >= 11 is 0. The molecule has 1 saturated carbocycles. The smallest absolute Gasteiger partial charge is 0.0136 e. The van der Waals surface area contributed by atoms with E-state index in [0.29, 0.717) is 11.5 Å². The Morgan fingerprint density at radius 1 is 1.12 bits per heavy atom. The molecule has 0 radical (unpaired) electrons. The van der Waals surface area contributed by atoms with Gasteiger partial charge in [0.2, 0.25) is 0 Å². The molecule has 0 spiro atoms. The summed E-state index contributed by atoms with van der Waals surface area (Å²) in [5, 5.41) is 3.65. The summed E-state index contributed by atoms with van der Waals surface area (Å²) < 4.78 is 0. The third kappa shape index (κ3) is 2.55. The van der Waals surface area contributed by atoms with Gasteiger partial charge >= 0.3 is 0 Å². The van der Waals surface area contributed by atoms with Gasteiger partial charge in [0.1, 0.15) is 0 Å². The maximum atomic E-state index is 3.65. The maximum absolute atomic E-state index is 3.65. The molecule has 1 atom stereocenters. The van der Waals surface area contributed by atoms with E-state index >= 15 is 0 Å². The fourth-order valence-corrected chi connectivity index (χ4v) is 3.43. The zero-order chi connectivity index (χ0) is 12.1. The van der Waals surface area contributed by atoms with Crippen LogP contribution in [0, 0.1) is 0 Å². The molecule has 17 heavy (non-hydrogen) atoms. The van der Waals surface area contributed by atoms with Crippen molar-refractivity contribution < 1.29 is 0 Å². The Hall–Kier alpha value is -0.820. The van der Waals surface area contributed by atoms with Gasteiger partial charge in [0.05, 0.1) is 0 Å². The molecule has 1 aromatic rings. The van der Waals surface area contributed by atoms with Crippen molar-refractivity contribution in [3.63, 3.8) is 0 Å². The van der Waals surface area contributed by atoms with Crippen LogP contribution in [0.4, 0.5) is 0 Å². The Balaban J connectivity index is 2.29. The Morgan fingerprint density at radius 3 is 2.35 bits per heavy atom. The Labute approximate surface area is 106 Å². The van der Waals surface area contributed by atoms with Crippen LogP contribution < -0.4 is 5.32 Å². The van der Waals surface area contributed by atoms with Crippen LogP contribution in [0.5, 0.6) is 0 Å². The van der Waals surface area contributed by atoms with Crippen LogP contribution in [-0.4, -0.2) is 12.6 Å². The van der Waals surface area contributed by atoms with Gasteiger partial charge in [-0.3, -0.25) is 0 Å². The van der Waals surface area contributed by atoms with E-state index in [4.69, 9.17) is 0 Å².